The van der Waals surface area contributed by atoms with E-state index in [1.807, 2.05) is 27.0 Å². The molecule has 0 bridgehead atoms. The van der Waals surface area contributed by atoms with Crippen LogP contribution in [0.5, 0.6) is 0 Å². The van der Waals surface area contributed by atoms with Crippen LogP contribution >= 0.6 is 0 Å². The Labute approximate surface area is 178 Å². The van der Waals surface area contributed by atoms with Gasteiger partial charge in [-0.05, 0) is 71.6 Å². The van der Waals surface area contributed by atoms with Gasteiger partial charge in [0.25, 0.3) is 0 Å². The molecule has 0 aromatic carbocycles. The van der Waals surface area contributed by atoms with E-state index in [-0.39, 0.29) is 11.8 Å². The molecule has 1 atom stereocenters. The Morgan fingerprint density at radius 2 is 1.93 bits per heavy atom. The predicted molar refractivity (Wildman–Crippen MR) is 116 cm³/mol. The summed E-state index contributed by atoms with van der Waals surface area (Å²) in [4.78, 5) is 21.6. The van der Waals surface area contributed by atoms with Gasteiger partial charge < -0.3 is 9.84 Å². The molecule has 0 saturated heterocycles. The maximum absolute atomic E-state index is 12.4. The normalized spacial score (nSPS) is 24.0. The minimum Gasteiger partial charge on any atom is -0.356 e. The van der Waals surface area contributed by atoms with Gasteiger partial charge >= 0.3 is 0 Å². The second-order valence-electron chi connectivity index (χ2n) is 8.88. The van der Waals surface area contributed by atoms with Gasteiger partial charge in [-0.1, -0.05) is 17.3 Å². The summed E-state index contributed by atoms with van der Waals surface area (Å²) in [5.74, 6) is 2.90. The molecule has 1 saturated carbocycles. The average Bonchev–Trinajstić information content (AvgIpc) is 3.11. The first-order valence-electron chi connectivity index (χ1n) is 11.2. The largest absolute Gasteiger partial charge is 0.356 e. The molecule has 2 aromatic heterocycles. The summed E-state index contributed by atoms with van der Waals surface area (Å²) < 4.78 is 5.61. The third-order valence-electron chi connectivity index (χ3n) is 6.78. The number of nitrogens with zero attached hydrogens (tertiary/aromatic N) is 3. The van der Waals surface area contributed by atoms with Crippen molar-refractivity contribution in [1.29, 1.82) is 0 Å². The smallest absolute Gasteiger partial charge is 0.223 e. The molecule has 0 spiro atoms. The number of rotatable bonds is 5. The minimum atomic E-state index is 0.159. The highest BCUT2D eigenvalue weighted by Crippen LogP contribution is 2.39. The van der Waals surface area contributed by atoms with Crippen molar-refractivity contribution in [3.05, 3.63) is 41.1 Å². The molecule has 1 amide bonds. The molecular formula is C24H32N4O2. The number of hydrogen-bond donors (Lipinski definition) is 1. The van der Waals surface area contributed by atoms with Crippen molar-refractivity contribution >= 4 is 5.91 Å². The Hall–Kier alpha value is -2.50. The Kier molecular flexibility index (Phi) is 6.30. The monoisotopic (exact) mass is 408 g/mol. The van der Waals surface area contributed by atoms with Crippen molar-refractivity contribution in [3.63, 3.8) is 0 Å². The maximum atomic E-state index is 12.4. The Morgan fingerprint density at radius 3 is 2.60 bits per heavy atom. The second-order valence-corrected chi connectivity index (χ2v) is 8.88. The topological polar surface area (TPSA) is 80.9 Å². The number of hydrogen-bond acceptors (Lipinski definition) is 5. The fourth-order valence-electron chi connectivity index (χ4n) is 4.70. The molecule has 4 rings (SSSR count). The van der Waals surface area contributed by atoms with Crippen molar-refractivity contribution in [1.82, 2.24) is 20.4 Å². The van der Waals surface area contributed by atoms with Crippen LogP contribution in [-0.4, -0.2) is 27.6 Å². The molecule has 2 aromatic rings. The number of allylic oxidation sites excluding steroid dienone is 2. The molecule has 1 fully saturated rings. The lowest BCUT2D eigenvalue weighted by molar-refractivity contribution is -0.125. The third-order valence-corrected chi connectivity index (χ3v) is 6.78. The van der Waals surface area contributed by atoms with Crippen LogP contribution in [0.15, 0.2) is 22.9 Å². The van der Waals surface area contributed by atoms with Crippen molar-refractivity contribution < 1.29 is 9.32 Å². The van der Waals surface area contributed by atoms with Gasteiger partial charge in [0, 0.05) is 30.1 Å². The first-order valence-corrected chi connectivity index (χ1v) is 11.2. The van der Waals surface area contributed by atoms with Crippen molar-refractivity contribution in [2.45, 2.75) is 71.6 Å². The van der Waals surface area contributed by atoms with E-state index >= 15 is 0 Å². The van der Waals surface area contributed by atoms with E-state index < -0.39 is 0 Å². The van der Waals surface area contributed by atoms with Crippen LogP contribution in [0.2, 0.25) is 0 Å². The van der Waals surface area contributed by atoms with Crippen molar-refractivity contribution in [3.8, 4) is 11.3 Å². The van der Waals surface area contributed by atoms with Gasteiger partial charge in [0.1, 0.15) is 5.82 Å². The fraction of sp³-hybridized carbons (Fsp3) is 0.583. The van der Waals surface area contributed by atoms with Gasteiger partial charge in [-0.3, -0.25) is 4.79 Å². The first-order chi connectivity index (χ1) is 14.5. The van der Waals surface area contributed by atoms with E-state index in [1.54, 1.807) is 0 Å². The van der Waals surface area contributed by atoms with E-state index in [2.05, 4.69) is 27.6 Å². The molecule has 1 unspecified atom stereocenters. The molecule has 0 aliphatic heterocycles. The number of carbonyl (C=O) groups is 1. The maximum Gasteiger partial charge on any atom is 0.223 e. The Morgan fingerprint density at radius 1 is 1.13 bits per heavy atom. The van der Waals surface area contributed by atoms with Crippen molar-refractivity contribution in [2.24, 2.45) is 11.8 Å². The van der Waals surface area contributed by atoms with Crippen LogP contribution in [-0.2, 0) is 4.79 Å². The van der Waals surface area contributed by atoms with Gasteiger partial charge in [-0.2, -0.15) is 0 Å². The lowest BCUT2D eigenvalue weighted by Gasteiger charge is -2.29. The number of aromatic nitrogens is 3. The van der Waals surface area contributed by atoms with Gasteiger partial charge in [-0.25, -0.2) is 9.97 Å². The van der Waals surface area contributed by atoms with Crippen LogP contribution in [0.25, 0.3) is 11.3 Å². The summed E-state index contributed by atoms with van der Waals surface area (Å²) in [6.07, 6.45) is 13.4. The quantitative estimate of drug-likeness (QED) is 0.719. The number of carbonyl (C=O) groups excluding carboxylic acids is 1. The highest BCUT2D eigenvalue weighted by atomic mass is 16.5. The van der Waals surface area contributed by atoms with Crippen LogP contribution in [0.3, 0.4) is 0 Å². The molecule has 160 valence electrons. The van der Waals surface area contributed by atoms with E-state index in [9.17, 15) is 4.79 Å². The van der Waals surface area contributed by atoms with Crippen molar-refractivity contribution in [2.75, 3.05) is 6.54 Å². The average molecular weight is 409 g/mol. The zero-order valence-corrected chi connectivity index (χ0v) is 18.3. The second kappa shape index (κ2) is 9.11. The first kappa shape index (κ1) is 20.8. The Balaban J connectivity index is 1.38. The van der Waals surface area contributed by atoms with E-state index in [4.69, 9.17) is 9.51 Å². The summed E-state index contributed by atoms with van der Waals surface area (Å²) in [6.45, 7) is 6.72. The molecule has 6 nitrogen and oxygen atoms in total. The Bertz CT molecular complexity index is 925. The van der Waals surface area contributed by atoms with Crippen LogP contribution < -0.4 is 5.32 Å². The molecule has 2 heterocycles. The predicted octanol–water partition coefficient (Wildman–Crippen LogP) is 4.80. The van der Waals surface area contributed by atoms with Gasteiger partial charge in [-0.15, -0.1) is 0 Å². The molecule has 2 aliphatic carbocycles. The zero-order valence-electron chi connectivity index (χ0n) is 18.3. The summed E-state index contributed by atoms with van der Waals surface area (Å²) in [5, 5.41) is 7.33. The van der Waals surface area contributed by atoms with Gasteiger partial charge in [0.15, 0.2) is 5.76 Å². The highest BCUT2D eigenvalue weighted by molar-refractivity contribution is 5.79. The van der Waals surface area contributed by atoms with Gasteiger partial charge in [0.05, 0.1) is 17.0 Å². The zero-order chi connectivity index (χ0) is 21.1. The van der Waals surface area contributed by atoms with Crippen LogP contribution in [0.4, 0.5) is 0 Å². The standard InChI is InChI=1S/C24H32N4O2/c1-15-16(2)28-30-23(15)21-14-25-17(3)27-22(21)19-11-9-18(10-12-19)13-26-24(29)20-7-5-4-6-8-20/h4-5,14,18-20H,6-13H2,1-3H3,(H,26,29). The molecule has 30 heavy (non-hydrogen) atoms. The summed E-state index contributed by atoms with van der Waals surface area (Å²) in [7, 11) is 0. The van der Waals surface area contributed by atoms with Crippen LogP contribution in [0.1, 0.15) is 73.6 Å². The SMILES string of the molecule is Cc1ncc(-c2onc(C)c2C)c(C2CCC(CNC(=O)C3CC=CCC3)CC2)n1. The van der Waals surface area contributed by atoms with E-state index in [0.29, 0.717) is 11.8 Å². The lowest BCUT2D eigenvalue weighted by atomic mass is 9.79. The van der Waals surface area contributed by atoms with Gasteiger partial charge in [0.2, 0.25) is 5.91 Å². The summed E-state index contributed by atoms with van der Waals surface area (Å²) in [6, 6.07) is 0. The van der Waals surface area contributed by atoms with Crippen LogP contribution in [0, 0.1) is 32.6 Å². The minimum absolute atomic E-state index is 0.159. The molecule has 2 aliphatic rings. The number of amides is 1. The summed E-state index contributed by atoms with van der Waals surface area (Å²) in [5.41, 5.74) is 4.01. The van der Waals surface area contributed by atoms with E-state index in [0.717, 1.165) is 85.6 Å². The number of aryl methyl sites for hydroxylation is 2. The number of nitrogens with one attached hydrogen (secondary N) is 1. The molecule has 1 N–H and O–H groups in total. The summed E-state index contributed by atoms with van der Waals surface area (Å²) >= 11 is 0. The molecular weight excluding hydrogens is 376 g/mol. The highest BCUT2D eigenvalue weighted by Gasteiger charge is 2.28. The molecule has 6 heteroatoms. The third kappa shape index (κ3) is 4.47. The lowest BCUT2D eigenvalue weighted by Crippen LogP contribution is -2.35. The molecule has 0 radical (unpaired) electrons. The fourth-order valence-corrected chi connectivity index (χ4v) is 4.70. The van der Waals surface area contributed by atoms with E-state index in [1.165, 1.54) is 0 Å².